The zero-order valence-corrected chi connectivity index (χ0v) is 15.8. The highest BCUT2D eigenvalue weighted by molar-refractivity contribution is 5.95. The summed E-state index contributed by atoms with van der Waals surface area (Å²) in [5, 5.41) is 0. The number of benzene rings is 2. The van der Waals surface area contributed by atoms with Crippen LogP contribution in [0.1, 0.15) is 24.4 Å². The maximum Gasteiger partial charge on any atom is 0.227 e. The highest BCUT2D eigenvalue weighted by Gasteiger charge is 2.32. The molecule has 2 N–H and O–H groups in total. The van der Waals surface area contributed by atoms with E-state index in [2.05, 4.69) is 53.1 Å². The maximum atomic E-state index is 12.4. The first-order valence-electron chi connectivity index (χ1n) is 9.79. The van der Waals surface area contributed by atoms with Gasteiger partial charge in [0.1, 0.15) is 0 Å². The van der Waals surface area contributed by atoms with Gasteiger partial charge in [0.25, 0.3) is 0 Å². The van der Waals surface area contributed by atoms with Crippen LogP contribution in [0.4, 0.5) is 5.69 Å². The Kier molecular flexibility index (Phi) is 5.53. The Bertz CT molecular complexity index is 751. The number of hydrazine groups is 1. The number of amides is 1. The quantitative estimate of drug-likeness (QED) is 0.827. The highest BCUT2D eigenvalue weighted by Crippen LogP contribution is 2.26. The van der Waals surface area contributed by atoms with Gasteiger partial charge in [-0.05, 0) is 37.1 Å². The van der Waals surface area contributed by atoms with Gasteiger partial charge < -0.3 is 9.80 Å². The molecule has 2 aliphatic rings. The van der Waals surface area contributed by atoms with Crippen LogP contribution in [0.2, 0.25) is 0 Å². The zero-order valence-electron chi connectivity index (χ0n) is 15.8. The number of para-hydroxylation sites is 1. The van der Waals surface area contributed by atoms with Gasteiger partial charge in [0.05, 0.1) is 0 Å². The van der Waals surface area contributed by atoms with E-state index in [9.17, 15) is 4.79 Å². The fourth-order valence-corrected chi connectivity index (χ4v) is 4.30. The third-order valence-electron chi connectivity index (χ3n) is 5.56. The molecule has 0 radical (unpaired) electrons. The van der Waals surface area contributed by atoms with Crippen molar-refractivity contribution in [2.24, 2.45) is 5.92 Å². The molecule has 1 amide bonds. The van der Waals surface area contributed by atoms with E-state index in [0.29, 0.717) is 24.4 Å². The van der Waals surface area contributed by atoms with Gasteiger partial charge in [0.2, 0.25) is 5.91 Å². The smallest absolute Gasteiger partial charge is 0.227 e. The van der Waals surface area contributed by atoms with Crippen LogP contribution in [0.15, 0.2) is 60.7 Å². The summed E-state index contributed by atoms with van der Waals surface area (Å²) in [4.78, 5) is 16.7. The van der Waals surface area contributed by atoms with E-state index in [4.69, 9.17) is 0 Å². The number of nitrogens with one attached hydrogen (secondary N) is 2. The third-order valence-corrected chi connectivity index (χ3v) is 5.56. The molecule has 2 saturated heterocycles. The summed E-state index contributed by atoms with van der Waals surface area (Å²) in [6.07, 6.45) is 1.72. The molecular weight excluding hydrogens is 336 g/mol. The summed E-state index contributed by atoms with van der Waals surface area (Å²) in [6.45, 7) is 2.74. The molecule has 5 nitrogen and oxygen atoms in total. The first-order chi connectivity index (χ1) is 13.2. The summed E-state index contributed by atoms with van der Waals surface area (Å²) in [7, 11) is 2.16. The van der Waals surface area contributed by atoms with Gasteiger partial charge in [-0.25, -0.2) is 5.43 Å². The van der Waals surface area contributed by atoms with E-state index in [1.165, 1.54) is 5.56 Å². The molecule has 2 heterocycles. The number of anilines is 1. The maximum absolute atomic E-state index is 12.4. The monoisotopic (exact) mass is 364 g/mol. The average molecular weight is 364 g/mol. The molecule has 0 aliphatic carbocycles. The number of carbonyl (C=O) groups excluding carboxylic acids is 1. The molecular formula is C22H28N4O. The lowest BCUT2D eigenvalue weighted by Gasteiger charge is -2.24. The molecule has 5 heteroatoms. The van der Waals surface area contributed by atoms with Crippen LogP contribution >= 0.6 is 0 Å². The van der Waals surface area contributed by atoms with Gasteiger partial charge in [-0.3, -0.25) is 10.2 Å². The van der Waals surface area contributed by atoms with E-state index < -0.39 is 0 Å². The number of likely N-dealkylation sites (N-methyl/N-ethyl adjacent to an activating group) is 1. The number of carbonyl (C=O) groups is 1. The first kappa shape index (κ1) is 18.2. The van der Waals surface area contributed by atoms with Crippen LogP contribution in [0.25, 0.3) is 0 Å². The Labute approximate surface area is 161 Å². The number of hydrogen-bond donors (Lipinski definition) is 2. The molecule has 2 aromatic rings. The van der Waals surface area contributed by atoms with Crippen molar-refractivity contribution in [1.82, 2.24) is 15.8 Å². The number of hydrogen-bond acceptors (Lipinski definition) is 4. The molecule has 0 bridgehead atoms. The van der Waals surface area contributed by atoms with Crippen molar-refractivity contribution in [3.05, 3.63) is 66.2 Å². The van der Waals surface area contributed by atoms with E-state index in [1.807, 2.05) is 35.2 Å². The van der Waals surface area contributed by atoms with Crippen LogP contribution in [-0.2, 0) is 4.79 Å². The van der Waals surface area contributed by atoms with Gasteiger partial charge in [-0.1, -0.05) is 48.5 Å². The van der Waals surface area contributed by atoms with E-state index in [0.717, 1.165) is 31.7 Å². The molecule has 0 saturated carbocycles. The topological polar surface area (TPSA) is 47.6 Å². The lowest BCUT2D eigenvalue weighted by Crippen LogP contribution is -2.40. The fraction of sp³-hybridized carbons (Fsp3) is 0.409. The van der Waals surface area contributed by atoms with Gasteiger partial charge in [0, 0.05) is 43.8 Å². The summed E-state index contributed by atoms with van der Waals surface area (Å²) in [6, 6.07) is 21.4. The predicted molar refractivity (Wildman–Crippen MR) is 108 cm³/mol. The van der Waals surface area contributed by atoms with E-state index in [1.54, 1.807) is 0 Å². The van der Waals surface area contributed by atoms with Crippen molar-refractivity contribution >= 4 is 11.6 Å². The van der Waals surface area contributed by atoms with Gasteiger partial charge in [-0.15, -0.1) is 0 Å². The number of nitrogens with zero attached hydrogens (tertiary/aromatic N) is 2. The Morgan fingerprint density at radius 2 is 1.70 bits per heavy atom. The Balaban J connectivity index is 1.27. The molecule has 0 spiro atoms. The third kappa shape index (κ3) is 4.38. The number of rotatable bonds is 6. The van der Waals surface area contributed by atoms with Crippen molar-refractivity contribution in [3.63, 3.8) is 0 Å². The lowest BCUT2D eigenvalue weighted by molar-refractivity contribution is -0.117. The molecule has 2 fully saturated rings. The molecule has 4 rings (SSSR count). The van der Waals surface area contributed by atoms with E-state index in [-0.39, 0.29) is 5.91 Å². The minimum Gasteiger partial charge on any atom is -0.312 e. The van der Waals surface area contributed by atoms with E-state index >= 15 is 0 Å². The van der Waals surface area contributed by atoms with Crippen LogP contribution in [0, 0.1) is 5.92 Å². The molecule has 3 unspecified atom stereocenters. The SMILES string of the molecule is CN(CC1CC(=O)N(c2ccccc2)C1)CC1CC(c2ccccc2)NN1. The fourth-order valence-electron chi connectivity index (χ4n) is 4.30. The normalized spacial score (nSPS) is 25.5. The second-order valence-corrected chi connectivity index (χ2v) is 7.82. The summed E-state index contributed by atoms with van der Waals surface area (Å²) < 4.78 is 0. The standard InChI is InChI=1S/C22H28N4O/c1-25(16-19-13-21(24-23-19)18-8-4-2-5-9-18)14-17-12-22(27)26(15-17)20-10-6-3-7-11-20/h2-11,17,19,21,23-24H,12-16H2,1H3. The van der Waals surface area contributed by atoms with Gasteiger partial charge in [-0.2, -0.15) is 0 Å². The summed E-state index contributed by atoms with van der Waals surface area (Å²) in [5.41, 5.74) is 9.20. The Hall–Kier alpha value is -2.21. The van der Waals surface area contributed by atoms with Crippen molar-refractivity contribution in [1.29, 1.82) is 0 Å². The first-order valence-corrected chi connectivity index (χ1v) is 9.79. The average Bonchev–Trinajstić information content (AvgIpc) is 3.29. The van der Waals surface area contributed by atoms with Gasteiger partial charge >= 0.3 is 0 Å². The highest BCUT2D eigenvalue weighted by atomic mass is 16.2. The second kappa shape index (κ2) is 8.21. The Morgan fingerprint density at radius 3 is 2.44 bits per heavy atom. The van der Waals surface area contributed by atoms with Gasteiger partial charge in [0.15, 0.2) is 0 Å². The largest absolute Gasteiger partial charge is 0.312 e. The lowest BCUT2D eigenvalue weighted by atomic mass is 10.0. The zero-order chi connectivity index (χ0) is 18.6. The molecule has 3 atom stereocenters. The van der Waals surface area contributed by atoms with Crippen LogP contribution < -0.4 is 15.8 Å². The summed E-state index contributed by atoms with van der Waals surface area (Å²) in [5.74, 6) is 0.631. The van der Waals surface area contributed by atoms with Crippen molar-refractivity contribution in [3.8, 4) is 0 Å². The second-order valence-electron chi connectivity index (χ2n) is 7.82. The van der Waals surface area contributed by atoms with Crippen molar-refractivity contribution < 1.29 is 4.79 Å². The molecule has 2 aliphatic heterocycles. The Morgan fingerprint density at radius 1 is 1.00 bits per heavy atom. The van der Waals surface area contributed by atoms with Crippen molar-refractivity contribution in [2.75, 3.05) is 31.6 Å². The minimum atomic E-state index is 0.240. The molecule has 27 heavy (non-hydrogen) atoms. The van der Waals surface area contributed by atoms with Crippen molar-refractivity contribution in [2.45, 2.75) is 24.9 Å². The predicted octanol–water partition coefficient (Wildman–Crippen LogP) is 2.58. The molecule has 2 aromatic carbocycles. The van der Waals surface area contributed by atoms with Crippen LogP contribution in [0.5, 0.6) is 0 Å². The molecule has 0 aromatic heterocycles. The molecule has 142 valence electrons. The van der Waals surface area contributed by atoms with Crippen LogP contribution in [0.3, 0.4) is 0 Å². The minimum absolute atomic E-state index is 0.240. The summed E-state index contributed by atoms with van der Waals surface area (Å²) >= 11 is 0. The van der Waals surface area contributed by atoms with Crippen LogP contribution in [-0.4, -0.2) is 43.5 Å².